The summed E-state index contributed by atoms with van der Waals surface area (Å²) in [4.78, 5) is 39.7. The van der Waals surface area contributed by atoms with Crippen LogP contribution in [0.2, 0.25) is 5.02 Å². The van der Waals surface area contributed by atoms with Gasteiger partial charge in [0.1, 0.15) is 5.75 Å². The summed E-state index contributed by atoms with van der Waals surface area (Å²) >= 11 is 5.87. The van der Waals surface area contributed by atoms with Gasteiger partial charge in [-0.1, -0.05) is 41.4 Å². The summed E-state index contributed by atoms with van der Waals surface area (Å²) in [5.41, 5.74) is 2.46. The summed E-state index contributed by atoms with van der Waals surface area (Å²) in [7, 11) is 0. The molecular formula is C24H20ClNO4. The first-order valence-corrected chi connectivity index (χ1v) is 10.4. The van der Waals surface area contributed by atoms with Crippen LogP contribution in [-0.4, -0.2) is 17.8 Å². The van der Waals surface area contributed by atoms with Crippen LogP contribution in [0.4, 0.5) is 5.69 Å². The number of hydrogen-bond acceptors (Lipinski definition) is 4. The van der Waals surface area contributed by atoms with Gasteiger partial charge in [-0.3, -0.25) is 14.4 Å². The van der Waals surface area contributed by atoms with Gasteiger partial charge in [0, 0.05) is 11.1 Å². The topological polar surface area (TPSA) is 63.7 Å². The van der Waals surface area contributed by atoms with Crippen LogP contribution >= 0.6 is 11.6 Å². The maximum atomic E-state index is 13.1. The molecule has 4 unspecified atom stereocenters. The van der Waals surface area contributed by atoms with Crippen molar-refractivity contribution >= 4 is 35.1 Å². The smallest absolute Gasteiger partial charge is 0.315 e. The van der Waals surface area contributed by atoms with E-state index in [4.69, 9.17) is 16.3 Å². The number of carbonyl (C=O) groups excluding carboxylic acids is 3. The Hall–Kier alpha value is -2.92. The van der Waals surface area contributed by atoms with Crippen molar-refractivity contribution in [3.8, 4) is 5.75 Å². The molecule has 6 heteroatoms. The largest absolute Gasteiger partial charge is 0.426 e. The Morgan fingerprint density at radius 3 is 2.60 bits per heavy atom. The van der Waals surface area contributed by atoms with Crippen molar-refractivity contribution < 1.29 is 19.1 Å². The number of esters is 1. The van der Waals surface area contributed by atoms with Crippen molar-refractivity contribution in [1.82, 2.24) is 0 Å². The lowest BCUT2D eigenvalue weighted by Crippen LogP contribution is -2.32. The first-order valence-electron chi connectivity index (χ1n) is 10.0. The van der Waals surface area contributed by atoms with Gasteiger partial charge < -0.3 is 4.74 Å². The zero-order chi connectivity index (χ0) is 21.0. The maximum absolute atomic E-state index is 13.1. The summed E-state index contributed by atoms with van der Waals surface area (Å²) in [6, 6.07) is 13.6. The van der Waals surface area contributed by atoms with E-state index in [2.05, 4.69) is 6.08 Å². The number of halogens is 1. The van der Waals surface area contributed by atoms with E-state index < -0.39 is 5.97 Å². The Morgan fingerprint density at radius 1 is 1.10 bits per heavy atom. The average molecular weight is 422 g/mol. The minimum Gasteiger partial charge on any atom is -0.426 e. The van der Waals surface area contributed by atoms with Crippen LogP contribution < -0.4 is 9.64 Å². The lowest BCUT2D eigenvalue weighted by Gasteiger charge is -2.19. The molecule has 2 fully saturated rings. The minimum absolute atomic E-state index is 0.0986. The molecule has 1 aliphatic heterocycles. The first-order chi connectivity index (χ1) is 14.4. The van der Waals surface area contributed by atoms with Crippen molar-refractivity contribution in [3.63, 3.8) is 0 Å². The predicted octanol–water partition coefficient (Wildman–Crippen LogP) is 4.19. The van der Waals surface area contributed by atoms with E-state index in [0.717, 1.165) is 12.0 Å². The molecule has 0 aromatic heterocycles. The van der Waals surface area contributed by atoms with Gasteiger partial charge in [0.05, 0.1) is 23.9 Å². The van der Waals surface area contributed by atoms with Crippen molar-refractivity contribution in [3.05, 3.63) is 70.8 Å². The lowest BCUT2D eigenvalue weighted by molar-refractivity contribution is -0.133. The predicted molar refractivity (Wildman–Crippen MR) is 112 cm³/mol. The number of imide groups is 1. The monoisotopic (exact) mass is 421 g/mol. The molecule has 2 bridgehead atoms. The first kappa shape index (κ1) is 19.1. The number of benzene rings is 2. The van der Waals surface area contributed by atoms with E-state index in [0.29, 0.717) is 16.5 Å². The zero-order valence-electron chi connectivity index (χ0n) is 16.4. The van der Waals surface area contributed by atoms with Crippen LogP contribution in [-0.2, 0) is 20.8 Å². The van der Waals surface area contributed by atoms with Crippen LogP contribution in [0.5, 0.6) is 5.75 Å². The SMILES string of the molecule is CC1=CC2CC1C1C(=O)N(c3cccc(OC(=O)Cc4ccc(Cl)cc4)c3)C(=O)C21. The van der Waals surface area contributed by atoms with E-state index in [1.165, 1.54) is 10.5 Å². The summed E-state index contributed by atoms with van der Waals surface area (Å²) in [6.07, 6.45) is 3.14. The van der Waals surface area contributed by atoms with Crippen LogP contribution in [0.3, 0.4) is 0 Å². The van der Waals surface area contributed by atoms with Crippen LogP contribution in [0.25, 0.3) is 0 Å². The normalized spacial score (nSPS) is 26.7. The van der Waals surface area contributed by atoms with Gasteiger partial charge >= 0.3 is 5.97 Å². The van der Waals surface area contributed by atoms with Crippen LogP contribution in [0, 0.1) is 23.7 Å². The number of allylic oxidation sites excluding steroid dienone is 2. The maximum Gasteiger partial charge on any atom is 0.315 e. The molecule has 4 atom stereocenters. The molecule has 2 aliphatic carbocycles. The van der Waals surface area contributed by atoms with E-state index in [1.54, 1.807) is 48.5 Å². The number of amides is 2. The molecule has 2 amide bonds. The molecule has 1 heterocycles. The Balaban J connectivity index is 1.33. The van der Waals surface area contributed by atoms with Crippen molar-refractivity contribution in [1.29, 1.82) is 0 Å². The second-order valence-corrected chi connectivity index (χ2v) is 8.69. The van der Waals surface area contributed by atoms with E-state index >= 15 is 0 Å². The molecule has 152 valence electrons. The second-order valence-electron chi connectivity index (χ2n) is 8.25. The molecule has 0 radical (unpaired) electrons. The fraction of sp³-hybridized carbons (Fsp3) is 0.292. The summed E-state index contributed by atoms with van der Waals surface area (Å²) < 4.78 is 5.45. The molecule has 1 saturated heterocycles. The highest BCUT2D eigenvalue weighted by atomic mass is 35.5. The number of ether oxygens (including phenoxy) is 1. The quantitative estimate of drug-likeness (QED) is 0.321. The summed E-state index contributed by atoms with van der Waals surface area (Å²) in [5.74, 6) is -0.611. The minimum atomic E-state index is -0.428. The fourth-order valence-corrected chi connectivity index (χ4v) is 5.28. The number of nitrogens with zero attached hydrogens (tertiary/aromatic N) is 1. The van der Waals surface area contributed by atoms with Gasteiger partial charge in [-0.25, -0.2) is 4.90 Å². The molecule has 3 aliphatic rings. The Bertz CT molecular complexity index is 1090. The van der Waals surface area contributed by atoms with Gasteiger partial charge in [0.15, 0.2) is 0 Å². The molecule has 1 saturated carbocycles. The second kappa shape index (κ2) is 7.10. The van der Waals surface area contributed by atoms with Gasteiger partial charge in [-0.05, 0) is 55.0 Å². The standard InChI is InChI=1S/C24H20ClNO4/c1-13-9-15-11-19(13)22-21(15)23(28)26(24(22)29)17-3-2-4-18(12-17)30-20(27)10-14-5-7-16(25)8-6-14/h2-9,12,15,19,21-22H,10-11H2,1H3. The molecular weight excluding hydrogens is 402 g/mol. The average Bonchev–Trinajstić information content (AvgIpc) is 3.34. The van der Waals surface area contributed by atoms with Gasteiger partial charge in [0.25, 0.3) is 0 Å². The fourth-order valence-electron chi connectivity index (χ4n) is 5.15. The number of anilines is 1. The molecule has 5 nitrogen and oxygen atoms in total. The molecule has 2 aromatic rings. The van der Waals surface area contributed by atoms with Crippen molar-refractivity contribution in [2.75, 3.05) is 4.90 Å². The van der Waals surface area contributed by atoms with Crippen LogP contribution in [0.15, 0.2) is 60.2 Å². The highest BCUT2D eigenvalue weighted by Crippen LogP contribution is 2.55. The van der Waals surface area contributed by atoms with Gasteiger partial charge in [0.2, 0.25) is 11.8 Å². The third kappa shape index (κ3) is 3.05. The molecule has 5 rings (SSSR count). The number of rotatable bonds is 4. The number of carbonyl (C=O) groups is 3. The zero-order valence-corrected chi connectivity index (χ0v) is 17.1. The Kier molecular flexibility index (Phi) is 4.51. The Labute approximate surface area is 179 Å². The van der Waals surface area contributed by atoms with E-state index in [9.17, 15) is 14.4 Å². The molecule has 30 heavy (non-hydrogen) atoms. The molecule has 0 spiro atoms. The van der Waals surface area contributed by atoms with Gasteiger partial charge in [-0.15, -0.1) is 0 Å². The third-order valence-electron chi connectivity index (χ3n) is 6.45. The summed E-state index contributed by atoms with van der Waals surface area (Å²) in [6.45, 7) is 2.04. The highest BCUT2D eigenvalue weighted by molar-refractivity contribution is 6.30. The number of hydrogen-bond donors (Lipinski definition) is 0. The molecule has 2 aromatic carbocycles. The third-order valence-corrected chi connectivity index (χ3v) is 6.70. The Morgan fingerprint density at radius 2 is 1.83 bits per heavy atom. The van der Waals surface area contributed by atoms with Gasteiger partial charge in [-0.2, -0.15) is 0 Å². The summed E-state index contributed by atoms with van der Waals surface area (Å²) in [5, 5.41) is 0.600. The van der Waals surface area contributed by atoms with E-state index in [-0.39, 0.29) is 41.9 Å². The lowest BCUT2D eigenvalue weighted by atomic mass is 9.82. The van der Waals surface area contributed by atoms with E-state index in [1.807, 2.05) is 6.92 Å². The van der Waals surface area contributed by atoms with Crippen LogP contribution in [0.1, 0.15) is 18.9 Å². The highest BCUT2D eigenvalue weighted by Gasteiger charge is 2.60. The van der Waals surface area contributed by atoms with Crippen molar-refractivity contribution in [2.24, 2.45) is 23.7 Å². The number of fused-ring (bicyclic) bond motifs is 5. The van der Waals surface area contributed by atoms with Crippen molar-refractivity contribution in [2.45, 2.75) is 19.8 Å². The molecule has 0 N–H and O–H groups in total.